The van der Waals surface area contributed by atoms with E-state index in [0.717, 1.165) is 48.4 Å². The first-order valence-electron chi connectivity index (χ1n) is 10.1. The van der Waals surface area contributed by atoms with Gasteiger partial charge in [-0.05, 0) is 56.4 Å². The van der Waals surface area contributed by atoms with Crippen LogP contribution < -0.4 is 5.56 Å². The highest BCUT2D eigenvalue weighted by Crippen LogP contribution is 2.37. The molecule has 5 nitrogen and oxygen atoms in total. The summed E-state index contributed by atoms with van der Waals surface area (Å²) in [6.45, 7) is 0.919. The van der Waals surface area contributed by atoms with E-state index >= 15 is 0 Å². The number of thiophene rings is 1. The third kappa shape index (κ3) is 3.23. The Morgan fingerprint density at radius 2 is 2.11 bits per heavy atom. The molecule has 3 heterocycles. The number of thioether (sulfide) groups is 1. The van der Waals surface area contributed by atoms with Crippen molar-refractivity contribution >= 4 is 39.2 Å². The molecule has 27 heavy (non-hydrogen) atoms. The van der Waals surface area contributed by atoms with Crippen LogP contribution in [0.1, 0.15) is 54.8 Å². The lowest BCUT2D eigenvalue weighted by Crippen LogP contribution is -2.43. The van der Waals surface area contributed by atoms with Gasteiger partial charge in [-0.15, -0.1) is 23.1 Å². The zero-order valence-corrected chi connectivity index (χ0v) is 17.1. The summed E-state index contributed by atoms with van der Waals surface area (Å²) >= 11 is 3.24. The minimum atomic E-state index is -0.00841. The highest BCUT2D eigenvalue weighted by Gasteiger charge is 2.36. The normalized spacial score (nSPS) is 22.4. The summed E-state index contributed by atoms with van der Waals surface area (Å²) in [7, 11) is 0. The highest BCUT2D eigenvalue weighted by molar-refractivity contribution is 7.99. The van der Waals surface area contributed by atoms with E-state index in [9.17, 15) is 9.59 Å². The molecule has 1 atom stereocenters. The van der Waals surface area contributed by atoms with Crippen LogP contribution in [-0.4, -0.2) is 39.1 Å². The minimum Gasteiger partial charge on any atom is -0.339 e. The maximum absolute atomic E-state index is 12.7. The fraction of sp³-hybridized carbons (Fsp3) is 0.650. The summed E-state index contributed by atoms with van der Waals surface area (Å²) in [5.74, 6) is 2.76. The number of rotatable bonds is 5. The highest BCUT2D eigenvalue weighted by atomic mass is 32.2. The maximum Gasteiger partial charge on any atom is 0.259 e. The van der Waals surface area contributed by atoms with Crippen LogP contribution in [0.4, 0.5) is 0 Å². The number of fused-ring (bicyclic) bond motifs is 3. The molecule has 1 saturated carbocycles. The fourth-order valence-electron chi connectivity index (χ4n) is 4.85. The summed E-state index contributed by atoms with van der Waals surface area (Å²) in [5, 5.41) is 0.803. The van der Waals surface area contributed by atoms with E-state index in [2.05, 4.69) is 14.9 Å². The molecule has 2 aromatic heterocycles. The van der Waals surface area contributed by atoms with Crippen LogP contribution in [0.25, 0.3) is 10.2 Å². The van der Waals surface area contributed by atoms with Crippen LogP contribution in [0.3, 0.4) is 0 Å². The van der Waals surface area contributed by atoms with Gasteiger partial charge in [0.25, 0.3) is 5.56 Å². The Morgan fingerprint density at radius 3 is 2.93 bits per heavy atom. The molecule has 144 valence electrons. The van der Waals surface area contributed by atoms with Crippen molar-refractivity contribution in [3.8, 4) is 0 Å². The van der Waals surface area contributed by atoms with E-state index in [1.807, 2.05) is 0 Å². The van der Waals surface area contributed by atoms with Crippen molar-refractivity contribution in [2.24, 2.45) is 5.92 Å². The third-order valence-corrected chi connectivity index (χ3v) is 8.52. The van der Waals surface area contributed by atoms with Crippen molar-refractivity contribution in [1.82, 2.24) is 14.9 Å². The third-order valence-electron chi connectivity index (χ3n) is 6.40. The first kappa shape index (κ1) is 17.7. The van der Waals surface area contributed by atoms with Crippen LogP contribution in [-0.2, 0) is 23.4 Å². The molecule has 2 aliphatic carbocycles. The number of nitrogens with one attached hydrogen (secondary N) is 1. The van der Waals surface area contributed by atoms with Gasteiger partial charge in [0.2, 0.25) is 5.91 Å². The Kier molecular flexibility index (Phi) is 4.76. The van der Waals surface area contributed by atoms with Gasteiger partial charge < -0.3 is 9.88 Å². The molecule has 0 bridgehead atoms. The second kappa shape index (κ2) is 7.24. The number of H-pyrrole nitrogens is 1. The van der Waals surface area contributed by atoms with Crippen molar-refractivity contribution in [3.05, 3.63) is 26.6 Å². The molecule has 1 amide bonds. The van der Waals surface area contributed by atoms with Crippen molar-refractivity contribution in [1.29, 1.82) is 0 Å². The predicted molar refractivity (Wildman–Crippen MR) is 111 cm³/mol. The average Bonchev–Trinajstić information content (AvgIpc) is 3.28. The fourth-order valence-corrected chi connectivity index (χ4v) is 6.90. The van der Waals surface area contributed by atoms with Crippen LogP contribution in [0.5, 0.6) is 0 Å². The SMILES string of the molecule is O=C(CSCc1nc2sc3c(c2c(=O)[nH]1)CCC3)N1CCCC1C1CCC1. The van der Waals surface area contributed by atoms with Gasteiger partial charge in [0, 0.05) is 17.5 Å². The number of hydrogen-bond acceptors (Lipinski definition) is 5. The number of aromatic amines is 1. The molecule has 1 aliphatic heterocycles. The van der Waals surface area contributed by atoms with Gasteiger partial charge in [-0.3, -0.25) is 9.59 Å². The van der Waals surface area contributed by atoms with Crippen molar-refractivity contribution < 1.29 is 4.79 Å². The molecular formula is C20H25N3O2S2. The van der Waals surface area contributed by atoms with Crippen molar-refractivity contribution in [2.75, 3.05) is 12.3 Å². The maximum atomic E-state index is 12.7. The van der Waals surface area contributed by atoms with E-state index in [1.165, 1.54) is 36.1 Å². The molecule has 0 aromatic carbocycles. The summed E-state index contributed by atoms with van der Waals surface area (Å²) in [4.78, 5) is 37.1. The molecule has 2 fully saturated rings. The molecule has 1 N–H and O–H groups in total. The van der Waals surface area contributed by atoms with Gasteiger partial charge in [0.05, 0.1) is 16.9 Å². The zero-order valence-electron chi connectivity index (χ0n) is 15.5. The van der Waals surface area contributed by atoms with E-state index in [-0.39, 0.29) is 11.5 Å². The van der Waals surface area contributed by atoms with E-state index < -0.39 is 0 Å². The Balaban J connectivity index is 1.23. The molecular weight excluding hydrogens is 378 g/mol. The van der Waals surface area contributed by atoms with Crippen molar-refractivity contribution in [2.45, 2.75) is 63.2 Å². The second-order valence-electron chi connectivity index (χ2n) is 8.03. The molecule has 2 aromatic rings. The Bertz CT molecular complexity index is 931. The van der Waals surface area contributed by atoms with Crippen LogP contribution in [0.15, 0.2) is 4.79 Å². The number of hydrogen-bond donors (Lipinski definition) is 1. The number of aryl methyl sites for hydroxylation is 2. The molecule has 0 radical (unpaired) electrons. The molecule has 0 spiro atoms. The van der Waals surface area contributed by atoms with Gasteiger partial charge in [0.1, 0.15) is 10.7 Å². The Hall–Kier alpha value is -1.34. The van der Waals surface area contributed by atoms with Crippen molar-refractivity contribution in [3.63, 3.8) is 0 Å². The predicted octanol–water partition coefficient (Wildman–Crippen LogP) is 3.50. The summed E-state index contributed by atoms with van der Waals surface area (Å²) in [5.41, 5.74) is 1.21. The summed E-state index contributed by atoms with van der Waals surface area (Å²) in [6, 6.07) is 0.481. The number of amides is 1. The number of likely N-dealkylation sites (tertiary alicyclic amines) is 1. The van der Waals surface area contributed by atoms with E-state index in [0.29, 0.717) is 23.4 Å². The molecule has 7 heteroatoms. The standard InChI is InChI=1S/C20H25N3O2S2/c24-17(23-9-3-7-14(23)12-4-1-5-12)11-26-10-16-21-19(25)18-13-6-2-8-15(13)27-20(18)22-16/h12,14H,1-11H2,(H,21,22,25). The number of carbonyl (C=O) groups is 1. The van der Waals surface area contributed by atoms with Crippen LogP contribution in [0, 0.1) is 5.92 Å². The second-order valence-corrected chi connectivity index (χ2v) is 10.1. The first-order valence-corrected chi connectivity index (χ1v) is 12.1. The number of carbonyl (C=O) groups excluding carboxylic acids is 1. The van der Waals surface area contributed by atoms with Gasteiger partial charge in [-0.2, -0.15) is 0 Å². The van der Waals surface area contributed by atoms with E-state index in [4.69, 9.17) is 0 Å². The molecule has 5 rings (SSSR count). The zero-order chi connectivity index (χ0) is 18.4. The van der Waals surface area contributed by atoms with Gasteiger partial charge in [-0.1, -0.05) is 6.42 Å². The molecule has 1 unspecified atom stereocenters. The van der Waals surface area contributed by atoms with Crippen LogP contribution in [0.2, 0.25) is 0 Å². The average molecular weight is 404 g/mol. The first-order chi connectivity index (χ1) is 13.2. The smallest absolute Gasteiger partial charge is 0.259 e. The number of nitrogens with zero attached hydrogens (tertiary/aromatic N) is 2. The molecule has 3 aliphatic rings. The Morgan fingerprint density at radius 1 is 1.22 bits per heavy atom. The minimum absolute atomic E-state index is 0.00841. The van der Waals surface area contributed by atoms with Gasteiger partial charge in [0.15, 0.2) is 0 Å². The lowest BCUT2D eigenvalue weighted by atomic mass is 9.79. The topological polar surface area (TPSA) is 66.1 Å². The van der Waals surface area contributed by atoms with Gasteiger partial charge >= 0.3 is 0 Å². The Labute approximate surface area is 166 Å². The lowest BCUT2D eigenvalue weighted by Gasteiger charge is -2.37. The lowest BCUT2D eigenvalue weighted by molar-refractivity contribution is -0.130. The number of aromatic nitrogens is 2. The quantitative estimate of drug-likeness (QED) is 0.830. The monoisotopic (exact) mass is 403 g/mol. The van der Waals surface area contributed by atoms with E-state index in [1.54, 1.807) is 23.1 Å². The summed E-state index contributed by atoms with van der Waals surface area (Å²) < 4.78 is 0. The van der Waals surface area contributed by atoms with Gasteiger partial charge in [-0.25, -0.2) is 4.98 Å². The summed E-state index contributed by atoms with van der Waals surface area (Å²) in [6.07, 6.45) is 9.45. The molecule has 1 saturated heterocycles. The largest absolute Gasteiger partial charge is 0.339 e. The van der Waals surface area contributed by atoms with Crippen LogP contribution >= 0.6 is 23.1 Å².